The molecule has 1 heterocycles. The summed E-state index contributed by atoms with van der Waals surface area (Å²) in [5, 5.41) is 11.7. The van der Waals surface area contributed by atoms with Crippen LogP contribution >= 0.6 is 23.2 Å². The van der Waals surface area contributed by atoms with E-state index < -0.39 is 10.0 Å². The summed E-state index contributed by atoms with van der Waals surface area (Å²) in [6, 6.07) is 8.12. The fourth-order valence-corrected chi connectivity index (χ4v) is 3.30. The molecule has 0 aliphatic heterocycles. The SMILES string of the molecule is CCCS(=O)(=O)Nc1ccc(Nc2cc(Cl)cc(Cl)c2)nn1. The molecule has 0 saturated carbocycles. The Bertz CT molecular complexity index is 731. The van der Waals surface area contributed by atoms with E-state index in [0.29, 0.717) is 28.0 Å². The molecule has 0 amide bonds. The Morgan fingerprint density at radius 1 is 1.05 bits per heavy atom. The number of sulfonamides is 1. The van der Waals surface area contributed by atoms with Crippen molar-refractivity contribution in [2.75, 3.05) is 15.8 Å². The molecule has 0 unspecified atom stereocenters. The second-order valence-electron chi connectivity index (χ2n) is 4.51. The zero-order valence-corrected chi connectivity index (χ0v) is 14.0. The fraction of sp³-hybridized carbons (Fsp3) is 0.231. The largest absolute Gasteiger partial charge is 0.339 e. The van der Waals surface area contributed by atoms with E-state index in [1.807, 2.05) is 0 Å². The van der Waals surface area contributed by atoms with E-state index in [4.69, 9.17) is 23.2 Å². The Morgan fingerprint density at radius 2 is 1.64 bits per heavy atom. The number of halogens is 2. The summed E-state index contributed by atoms with van der Waals surface area (Å²) in [5.74, 6) is 0.648. The molecule has 0 aliphatic carbocycles. The smallest absolute Gasteiger partial charge is 0.233 e. The molecule has 22 heavy (non-hydrogen) atoms. The van der Waals surface area contributed by atoms with Gasteiger partial charge in [-0.2, -0.15) is 0 Å². The van der Waals surface area contributed by atoms with Gasteiger partial charge in [-0.15, -0.1) is 10.2 Å². The summed E-state index contributed by atoms with van der Waals surface area (Å²) in [7, 11) is -3.38. The zero-order valence-electron chi connectivity index (χ0n) is 11.7. The Kier molecular flexibility index (Phi) is 5.44. The van der Waals surface area contributed by atoms with Gasteiger partial charge in [-0.1, -0.05) is 30.1 Å². The fourth-order valence-electron chi connectivity index (χ4n) is 1.71. The van der Waals surface area contributed by atoms with Crippen molar-refractivity contribution in [3.63, 3.8) is 0 Å². The molecule has 9 heteroatoms. The number of hydrogen-bond acceptors (Lipinski definition) is 5. The quantitative estimate of drug-likeness (QED) is 0.820. The first kappa shape index (κ1) is 16.8. The summed E-state index contributed by atoms with van der Waals surface area (Å²) in [6.07, 6.45) is 0.526. The number of benzene rings is 1. The van der Waals surface area contributed by atoms with Crippen molar-refractivity contribution in [3.8, 4) is 0 Å². The number of anilines is 3. The number of nitrogens with zero attached hydrogens (tertiary/aromatic N) is 2. The molecule has 2 aromatic rings. The molecule has 6 nitrogen and oxygen atoms in total. The molecule has 2 rings (SSSR count). The van der Waals surface area contributed by atoms with Crippen molar-refractivity contribution in [2.45, 2.75) is 13.3 Å². The van der Waals surface area contributed by atoms with Gasteiger partial charge in [0.1, 0.15) is 0 Å². The maximum atomic E-state index is 11.6. The highest BCUT2D eigenvalue weighted by molar-refractivity contribution is 7.92. The lowest BCUT2D eigenvalue weighted by atomic mass is 10.3. The highest BCUT2D eigenvalue weighted by atomic mass is 35.5. The van der Waals surface area contributed by atoms with Gasteiger partial charge in [0.25, 0.3) is 0 Å². The predicted octanol–water partition coefficient (Wildman–Crippen LogP) is 3.68. The van der Waals surface area contributed by atoms with Crippen LogP contribution < -0.4 is 10.0 Å². The van der Waals surface area contributed by atoms with Gasteiger partial charge in [-0.05, 0) is 36.8 Å². The van der Waals surface area contributed by atoms with Gasteiger partial charge in [0.05, 0.1) is 5.75 Å². The second kappa shape index (κ2) is 7.13. The van der Waals surface area contributed by atoms with Gasteiger partial charge in [-0.3, -0.25) is 4.72 Å². The van der Waals surface area contributed by atoms with Crippen molar-refractivity contribution >= 4 is 50.5 Å². The van der Waals surface area contributed by atoms with Crippen LogP contribution in [0.3, 0.4) is 0 Å². The van der Waals surface area contributed by atoms with Crippen LogP contribution in [0.15, 0.2) is 30.3 Å². The Hall–Kier alpha value is -1.57. The summed E-state index contributed by atoms with van der Waals surface area (Å²) >= 11 is 11.8. The van der Waals surface area contributed by atoms with E-state index in [1.54, 1.807) is 31.2 Å². The van der Waals surface area contributed by atoms with Gasteiger partial charge in [-0.25, -0.2) is 8.42 Å². The van der Waals surface area contributed by atoms with Gasteiger partial charge in [0, 0.05) is 15.7 Å². The Balaban J connectivity index is 2.09. The molecular weight excluding hydrogens is 347 g/mol. The molecule has 0 spiro atoms. The minimum atomic E-state index is -3.38. The first-order chi connectivity index (χ1) is 10.4. The molecule has 1 aromatic carbocycles. The van der Waals surface area contributed by atoms with Crippen LogP contribution in [-0.2, 0) is 10.0 Å². The van der Waals surface area contributed by atoms with Crippen LogP contribution in [0.25, 0.3) is 0 Å². The lowest BCUT2D eigenvalue weighted by Gasteiger charge is -2.08. The Morgan fingerprint density at radius 3 is 2.18 bits per heavy atom. The zero-order chi connectivity index (χ0) is 16.2. The van der Waals surface area contributed by atoms with Crippen LogP contribution in [0, 0.1) is 0 Å². The normalized spacial score (nSPS) is 11.2. The molecule has 0 bridgehead atoms. The van der Waals surface area contributed by atoms with E-state index in [0.717, 1.165) is 0 Å². The van der Waals surface area contributed by atoms with Crippen molar-refractivity contribution < 1.29 is 8.42 Å². The number of aromatic nitrogens is 2. The van der Waals surface area contributed by atoms with Crippen molar-refractivity contribution in [3.05, 3.63) is 40.4 Å². The van der Waals surface area contributed by atoms with Crippen LogP contribution in [0.4, 0.5) is 17.3 Å². The van der Waals surface area contributed by atoms with Gasteiger partial charge in [0.2, 0.25) is 10.0 Å². The average molecular weight is 361 g/mol. The minimum Gasteiger partial charge on any atom is -0.339 e. The maximum Gasteiger partial charge on any atom is 0.233 e. The number of rotatable bonds is 6. The molecule has 0 atom stereocenters. The number of nitrogens with one attached hydrogen (secondary N) is 2. The summed E-state index contributed by atoms with van der Waals surface area (Å²) in [4.78, 5) is 0. The standard InChI is InChI=1S/C13H14Cl2N4O2S/c1-2-5-22(20,21)19-13-4-3-12(17-18-13)16-11-7-9(14)6-10(15)8-11/h3-4,6-8H,2,5H2,1H3,(H,16,17)(H,18,19). The van der Waals surface area contributed by atoms with Crippen LogP contribution in [0.1, 0.15) is 13.3 Å². The molecule has 0 fully saturated rings. The Labute approximate surface area is 138 Å². The van der Waals surface area contributed by atoms with E-state index in [1.165, 1.54) is 6.07 Å². The summed E-state index contributed by atoms with van der Waals surface area (Å²) in [5.41, 5.74) is 0.658. The lowest BCUT2D eigenvalue weighted by molar-refractivity contribution is 0.599. The van der Waals surface area contributed by atoms with Gasteiger partial charge in [0.15, 0.2) is 11.6 Å². The third-order valence-corrected chi connectivity index (χ3v) is 4.43. The molecule has 2 N–H and O–H groups in total. The lowest BCUT2D eigenvalue weighted by Crippen LogP contribution is -2.17. The molecule has 0 radical (unpaired) electrons. The van der Waals surface area contributed by atoms with E-state index >= 15 is 0 Å². The van der Waals surface area contributed by atoms with Crippen molar-refractivity contribution in [1.29, 1.82) is 0 Å². The first-order valence-corrected chi connectivity index (χ1v) is 8.86. The predicted molar refractivity (Wildman–Crippen MR) is 89.5 cm³/mol. The molecule has 0 aliphatic rings. The monoisotopic (exact) mass is 360 g/mol. The third kappa shape index (κ3) is 5.01. The van der Waals surface area contributed by atoms with Crippen LogP contribution in [0.5, 0.6) is 0 Å². The summed E-state index contributed by atoms with van der Waals surface area (Å²) < 4.78 is 25.6. The highest BCUT2D eigenvalue weighted by Crippen LogP contribution is 2.24. The topological polar surface area (TPSA) is 84.0 Å². The van der Waals surface area contributed by atoms with Gasteiger partial charge >= 0.3 is 0 Å². The van der Waals surface area contributed by atoms with Gasteiger partial charge < -0.3 is 5.32 Å². The highest BCUT2D eigenvalue weighted by Gasteiger charge is 2.10. The van der Waals surface area contributed by atoms with Crippen molar-refractivity contribution in [1.82, 2.24) is 10.2 Å². The molecule has 118 valence electrons. The van der Waals surface area contributed by atoms with E-state index in [9.17, 15) is 8.42 Å². The average Bonchev–Trinajstić information content (AvgIpc) is 2.39. The van der Waals surface area contributed by atoms with Crippen molar-refractivity contribution in [2.24, 2.45) is 0 Å². The molecule has 1 aromatic heterocycles. The second-order valence-corrected chi connectivity index (χ2v) is 7.22. The summed E-state index contributed by atoms with van der Waals surface area (Å²) in [6.45, 7) is 1.79. The first-order valence-electron chi connectivity index (χ1n) is 6.45. The van der Waals surface area contributed by atoms with E-state index in [2.05, 4.69) is 20.2 Å². The molecule has 0 saturated heterocycles. The van der Waals surface area contributed by atoms with E-state index in [-0.39, 0.29) is 11.6 Å². The number of hydrogen-bond donors (Lipinski definition) is 2. The third-order valence-electron chi connectivity index (χ3n) is 2.53. The minimum absolute atomic E-state index is 0.0374. The molecular formula is C13H14Cl2N4O2S. The van der Waals surface area contributed by atoms with Crippen LogP contribution in [0.2, 0.25) is 10.0 Å². The maximum absolute atomic E-state index is 11.6. The van der Waals surface area contributed by atoms with Crippen LogP contribution in [-0.4, -0.2) is 24.4 Å².